The highest BCUT2D eigenvalue weighted by Crippen LogP contribution is 2.00. The highest BCUT2D eigenvalue weighted by Gasteiger charge is 2.10. The maximum absolute atomic E-state index is 10.5. The molecule has 0 bridgehead atoms. The van der Waals surface area contributed by atoms with Gasteiger partial charge < -0.3 is 10.9 Å². The Bertz CT molecular complexity index is 306. The van der Waals surface area contributed by atoms with Gasteiger partial charge in [0.25, 0.3) is 0 Å². The summed E-state index contributed by atoms with van der Waals surface area (Å²) in [5.74, 6) is 3.79. The molecule has 0 saturated heterocycles. The van der Waals surface area contributed by atoms with E-state index in [1.807, 2.05) is 0 Å². The van der Waals surface area contributed by atoms with E-state index in [1.165, 1.54) is 0 Å². The minimum Gasteiger partial charge on any atom is -0.476 e. The van der Waals surface area contributed by atoms with Crippen molar-refractivity contribution in [2.24, 2.45) is 10.9 Å². The Morgan fingerprint density at radius 1 is 1.33 bits per heavy atom. The third kappa shape index (κ3) is 1.60. The summed E-state index contributed by atoms with van der Waals surface area (Å²) >= 11 is 0. The number of benzene rings is 1. The van der Waals surface area contributed by atoms with Crippen LogP contribution >= 0.6 is 0 Å². The van der Waals surface area contributed by atoms with Crippen molar-refractivity contribution in [3.63, 3.8) is 0 Å². The van der Waals surface area contributed by atoms with E-state index in [0.29, 0.717) is 5.56 Å². The van der Waals surface area contributed by atoms with Crippen molar-refractivity contribution < 1.29 is 9.90 Å². The topological polar surface area (TPSA) is 75.7 Å². The second-order valence-corrected chi connectivity index (χ2v) is 2.15. The summed E-state index contributed by atoms with van der Waals surface area (Å²) in [6.07, 6.45) is 0. The number of carboxylic acids is 1. The van der Waals surface area contributed by atoms with Crippen LogP contribution < -0.4 is 5.84 Å². The Morgan fingerprint density at radius 2 is 1.92 bits per heavy atom. The van der Waals surface area contributed by atoms with Crippen LogP contribution in [-0.2, 0) is 4.79 Å². The van der Waals surface area contributed by atoms with E-state index in [2.05, 4.69) is 5.10 Å². The van der Waals surface area contributed by atoms with Crippen LogP contribution in [0.25, 0.3) is 0 Å². The van der Waals surface area contributed by atoms with E-state index < -0.39 is 5.97 Å². The molecule has 0 aliphatic rings. The first-order valence-electron chi connectivity index (χ1n) is 3.32. The lowest BCUT2D eigenvalue weighted by Gasteiger charge is -1.97. The van der Waals surface area contributed by atoms with E-state index in [-0.39, 0.29) is 5.71 Å². The normalized spacial score (nSPS) is 11.2. The van der Waals surface area contributed by atoms with Crippen molar-refractivity contribution in [2.75, 3.05) is 0 Å². The molecule has 1 rings (SSSR count). The van der Waals surface area contributed by atoms with Crippen LogP contribution in [0.4, 0.5) is 0 Å². The molecule has 0 amide bonds. The Kier molecular flexibility index (Phi) is 2.42. The van der Waals surface area contributed by atoms with Crippen molar-refractivity contribution >= 4 is 11.7 Å². The molecule has 0 radical (unpaired) electrons. The summed E-state index contributed by atoms with van der Waals surface area (Å²) in [4.78, 5) is 10.5. The van der Waals surface area contributed by atoms with Crippen LogP contribution in [0.5, 0.6) is 0 Å². The van der Waals surface area contributed by atoms with Crippen LogP contribution in [0.3, 0.4) is 0 Å². The Balaban J connectivity index is 3.05. The molecular weight excluding hydrogens is 156 g/mol. The average molecular weight is 164 g/mol. The van der Waals surface area contributed by atoms with Crippen LogP contribution in [0.2, 0.25) is 0 Å². The third-order valence-corrected chi connectivity index (χ3v) is 1.38. The van der Waals surface area contributed by atoms with Crippen molar-refractivity contribution in [2.45, 2.75) is 0 Å². The highest BCUT2D eigenvalue weighted by molar-refractivity contribution is 6.42. The molecule has 0 aliphatic heterocycles. The fourth-order valence-corrected chi connectivity index (χ4v) is 0.849. The van der Waals surface area contributed by atoms with Gasteiger partial charge >= 0.3 is 5.97 Å². The predicted octanol–water partition coefficient (Wildman–Crippen LogP) is 0.434. The number of nitrogens with two attached hydrogens (primary N) is 1. The monoisotopic (exact) mass is 164 g/mol. The van der Waals surface area contributed by atoms with E-state index in [0.717, 1.165) is 0 Å². The minimum atomic E-state index is -1.12. The van der Waals surface area contributed by atoms with Gasteiger partial charge in [0.1, 0.15) is 0 Å². The number of hydrogen-bond acceptors (Lipinski definition) is 3. The molecule has 4 nitrogen and oxygen atoms in total. The van der Waals surface area contributed by atoms with E-state index in [1.54, 1.807) is 30.3 Å². The van der Waals surface area contributed by atoms with Crippen LogP contribution in [0, 0.1) is 0 Å². The van der Waals surface area contributed by atoms with Gasteiger partial charge in [-0.1, -0.05) is 30.3 Å². The minimum absolute atomic E-state index is 0.129. The first-order chi connectivity index (χ1) is 5.75. The summed E-state index contributed by atoms with van der Waals surface area (Å²) in [5.41, 5.74) is 0.378. The fourth-order valence-electron chi connectivity index (χ4n) is 0.849. The number of nitrogens with zero attached hydrogens (tertiary/aromatic N) is 1. The highest BCUT2D eigenvalue weighted by atomic mass is 16.4. The Morgan fingerprint density at radius 3 is 2.33 bits per heavy atom. The zero-order valence-electron chi connectivity index (χ0n) is 6.27. The molecule has 0 atom stereocenters. The molecule has 3 N–H and O–H groups in total. The largest absolute Gasteiger partial charge is 0.476 e. The molecule has 0 heterocycles. The van der Waals surface area contributed by atoms with Crippen LogP contribution in [0.1, 0.15) is 5.56 Å². The van der Waals surface area contributed by atoms with Crippen LogP contribution in [0.15, 0.2) is 35.4 Å². The lowest BCUT2D eigenvalue weighted by atomic mass is 10.1. The van der Waals surface area contributed by atoms with Crippen molar-refractivity contribution in [1.82, 2.24) is 0 Å². The molecular formula is C8H8N2O2. The number of carboxylic acid groups (broad SMARTS) is 1. The number of rotatable bonds is 2. The lowest BCUT2D eigenvalue weighted by molar-refractivity contribution is -0.129. The molecule has 0 aromatic heterocycles. The lowest BCUT2D eigenvalue weighted by Crippen LogP contribution is -2.16. The maximum atomic E-state index is 10.5. The number of hydrazone groups is 1. The number of aliphatic carboxylic acids is 1. The van der Waals surface area contributed by atoms with Gasteiger partial charge in [0, 0.05) is 5.56 Å². The summed E-state index contributed by atoms with van der Waals surface area (Å²) in [5, 5.41) is 11.8. The zero-order chi connectivity index (χ0) is 8.97. The summed E-state index contributed by atoms with van der Waals surface area (Å²) < 4.78 is 0. The molecule has 4 heteroatoms. The van der Waals surface area contributed by atoms with Crippen molar-refractivity contribution in [3.8, 4) is 0 Å². The summed E-state index contributed by atoms with van der Waals surface area (Å²) in [6.45, 7) is 0. The zero-order valence-corrected chi connectivity index (χ0v) is 6.27. The molecule has 0 saturated carbocycles. The van der Waals surface area contributed by atoms with Gasteiger partial charge in [0.2, 0.25) is 0 Å². The smallest absolute Gasteiger partial charge is 0.356 e. The van der Waals surface area contributed by atoms with E-state index in [4.69, 9.17) is 10.9 Å². The van der Waals surface area contributed by atoms with Gasteiger partial charge in [-0.25, -0.2) is 4.79 Å². The molecule has 0 fully saturated rings. The quantitative estimate of drug-likeness (QED) is 0.378. The van der Waals surface area contributed by atoms with Crippen molar-refractivity contribution in [1.29, 1.82) is 0 Å². The molecule has 0 aliphatic carbocycles. The van der Waals surface area contributed by atoms with E-state index >= 15 is 0 Å². The summed E-state index contributed by atoms with van der Waals surface area (Å²) in [6, 6.07) is 8.52. The predicted molar refractivity (Wildman–Crippen MR) is 44.8 cm³/mol. The van der Waals surface area contributed by atoms with Crippen molar-refractivity contribution in [3.05, 3.63) is 35.9 Å². The maximum Gasteiger partial charge on any atom is 0.356 e. The molecule has 1 aromatic carbocycles. The molecule has 0 spiro atoms. The van der Waals surface area contributed by atoms with Crippen LogP contribution in [-0.4, -0.2) is 16.8 Å². The average Bonchev–Trinajstić information content (AvgIpc) is 2.07. The first-order valence-corrected chi connectivity index (χ1v) is 3.32. The van der Waals surface area contributed by atoms with Gasteiger partial charge in [-0.3, -0.25) is 0 Å². The Labute approximate surface area is 69.3 Å². The first kappa shape index (κ1) is 8.26. The second kappa shape index (κ2) is 3.52. The van der Waals surface area contributed by atoms with Gasteiger partial charge in [-0.05, 0) is 0 Å². The number of hydrogen-bond donors (Lipinski definition) is 2. The third-order valence-electron chi connectivity index (χ3n) is 1.38. The van der Waals surface area contributed by atoms with Gasteiger partial charge in [0.05, 0.1) is 0 Å². The molecule has 62 valence electrons. The Hall–Kier alpha value is -1.84. The standard InChI is InChI=1S/C8H8N2O2/c9-10-7(8(11)12)6-4-2-1-3-5-6/h1-5H,9H2,(H,11,12)/b10-7-. The molecule has 1 aromatic rings. The van der Waals surface area contributed by atoms with Gasteiger partial charge in [-0.2, -0.15) is 5.10 Å². The molecule has 12 heavy (non-hydrogen) atoms. The van der Waals surface area contributed by atoms with Gasteiger partial charge in [0.15, 0.2) is 5.71 Å². The second-order valence-electron chi connectivity index (χ2n) is 2.15. The molecule has 0 unspecified atom stereocenters. The number of carbonyl (C=O) groups is 1. The van der Waals surface area contributed by atoms with Gasteiger partial charge in [-0.15, -0.1) is 0 Å². The SMILES string of the molecule is N/N=C(\C(=O)O)c1ccccc1. The summed E-state index contributed by atoms with van der Waals surface area (Å²) in [7, 11) is 0. The fraction of sp³-hybridized carbons (Fsp3) is 0. The van der Waals surface area contributed by atoms with E-state index in [9.17, 15) is 4.79 Å².